The van der Waals surface area contributed by atoms with E-state index in [-0.39, 0.29) is 6.09 Å². The van der Waals surface area contributed by atoms with Crippen LogP contribution in [0.5, 0.6) is 5.75 Å². The van der Waals surface area contributed by atoms with Gasteiger partial charge in [-0.25, -0.2) is 4.79 Å². The summed E-state index contributed by atoms with van der Waals surface area (Å²) in [5.41, 5.74) is 6.48. The van der Waals surface area contributed by atoms with Gasteiger partial charge in [-0.3, -0.25) is 4.90 Å². The Kier molecular flexibility index (Phi) is 5.40. The first-order chi connectivity index (χ1) is 13.6. The topological polar surface area (TPSA) is 41.6 Å². The summed E-state index contributed by atoms with van der Waals surface area (Å²) in [7, 11) is 0. The number of hydrogen-bond acceptors (Lipinski definition) is 3. The van der Waals surface area contributed by atoms with Gasteiger partial charge in [0.2, 0.25) is 0 Å². The van der Waals surface area contributed by atoms with E-state index in [0.717, 1.165) is 31.5 Å². The molecule has 1 aliphatic heterocycles. The average molecular weight is 379 g/mol. The Morgan fingerprint density at radius 2 is 2.00 bits per heavy atom. The number of nitrogens with one attached hydrogen (secondary N) is 1. The van der Waals surface area contributed by atoms with E-state index in [4.69, 9.17) is 4.74 Å². The van der Waals surface area contributed by atoms with Crippen LogP contribution >= 0.6 is 0 Å². The number of benzene rings is 2. The highest BCUT2D eigenvalue weighted by Gasteiger charge is 2.35. The maximum Gasteiger partial charge on any atom is 0.412 e. The summed E-state index contributed by atoms with van der Waals surface area (Å²) in [6.45, 7) is 9.26. The molecule has 4 rings (SSSR count). The molecule has 148 valence electrons. The molecule has 2 aromatic rings. The quantitative estimate of drug-likeness (QED) is 0.799. The van der Waals surface area contributed by atoms with Gasteiger partial charge in [-0.15, -0.1) is 0 Å². The van der Waals surface area contributed by atoms with Gasteiger partial charge < -0.3 is 10.1 Å². The highest BCUT2D eigenvalue weighted by atomic mass is 16.6. The van der Waals surface area contributed by atoms with Gasteiger partial charge in [-0.05, 0) is 60.0 Å². The van der Waals surface area contributed by atoms with Crippen molar-refractivity contribution >= 4 is 6.09 Å². The molecule has 2 aromatic carbocycles. The van der Waals surface area contributed by atoms with Gasteiger partial charge in [0.05, 0.1) is 0 Å². The summed E-state index contributed by atoms with van der Waals surface area (Å²) in [5.74, 6) is 1.06. The number of amides is 1. The van der Waals surface area contributed by atoms with Crippen LogP contribution in [0.3, 0.4) is 0 Å². The Bertz CT molecular complexity index is 875. The number of rotatable bonds is 5. The number of hydrogen-bond donors (Lipinski definition) is 1. The van der Waals surface area contributed by atoms with Crippen molar-refractivity contribution in [2.24, 2.45) is 5.92 Å². The molecule has 4 heteroatoms. The van der Waals surface area contributed by atoms with Gasteiger partial charge in [0, 0.05) is 24.7 Å². The molecule has 2 aliphatic rings. The first-order valence-electron chi connectivity index (χ1n) is 10.5. The second kappa shape index (κ2) is 7.96. The van der Waals surface area contributed by atoms with Crippen LogP contribution in [0.4, 0.5) is 4.79 Å². The molecule has 0 fully saturated rings. The molecule has 0 spiro atoms. The lowest BCUT2D eigenvalue weighted by Gasteiger charge is -2.41. The number of ether oxygens (including phenoxy) is 1. The third-order valence-corrected chi connectivity index (χ3v) is 5.80. The number of fused-ring (bicyclic) bond motifs is 2. The Labute approximate surface area is 167 Å². The molecule has 1 atom stereocenters. The zero-order valence-electron chi connectivity index (χ0n) is 17.1. The van der Waals surface area contributed by atoms with Crippen LogP contribution in [0.1, 0.15) is 49.9 Å². The fourth-order valence-corrected chi connectivity index (χ4v) is 4.60. The first-order valence-corrected chi connectivity index (χ1v) is 10.5. The van der Waals surface area contributed by atoms with Crippen molar-refractivity contribution in [3.05, 3.63) is 53.1 Å². The van der Waals surface area contributed by atoms with Gasteiger partial charge in [0.1, 0.15) is 5.75 Å². The molecule has 0 radical (unpaired) electrons. The van der Waals surface area contributed by atoms with Crippen molar-refractivity contribution in [3.8, 4) is 16.9 Å². The van der Waals surface area contributed by atoms with E-state index in [0.29, 0.717) is 24.3 Å². The number of nitrogens with zero attached hydrogens (tertiary/aromatic N) is 1. The van der Waals surface area contributed by atoms with Gasteiger partial charge in [0.25, 0.3) is 0 Å². The van der Waals surface area contributed by atoms with Crippen molar-refractivity contribution in [1.82, 2.24) is 10.2 Å². The summed E-state index contributed by atoms with van der Waals surface area (Å²) < 4.78 is 5.76. The fourth-order valence-electron chi connectivity index (χ4n) is 4.60. The predicted molar refractivity (Wildman–Crippen MR) is 113 cm³/mol. The van der Waals surface area contributed by atoms with E-state index in [2.05, 4.69) is 55.3 Å². The summed E-state index contributed by atoms with van der Waals surface area (Å²) in [6, 6.07) is 13.1. The molecular weight excluding hydrogens is 348 g/mol. The maximum absolute atomic E-state index is 12.3. The molecule has 0 saturated heterocycles. The van der Waals surface area contributed by atoms with Crippen LogP contribution in [-0.4, -0.2) is 30.6 Å². The van der Waals surface area contributed by atoms with E-state index in [1.165, 1.54) is 28.7 Å². The number of carbonyl (C=O) groups is 1. The van der Waals surface area contributed by atoms with E-state index in [1.807, 2.05) is 12.1 Å². The van der Waals surface area contributed by atoms with E-state index in [9.17, 15) is 4.79 Å². The standard InChI is InChI=1S/C24H30N2O2/c1-4-12-26-13-11-17-7-5-9-19-22(17)20(26)14-18-8-6-10-21(23(18)19)28-24(27)25-15-16(2)3/h5-10,16,20H,4,11-15H2,1-3H3,(H,25,27). The normalized spacial score (nSPS) is 17.8. The zero-order chi connectivity index (χ0) is 19.7. The molecular formula is C24H30N2O2. The summed E-state index contributed by atoms with van der Waals surface area (Å²) in [6.07, 6.45) is 2.86. The lowest BCUT2D eigenvalue weighted by atomic mass is 9.77. The summed E-state index contributed by atoms with van der Waals surface area (Å²) in [5, 5.41) is 2.86. The van der Waals surface area contributed by atoms with Crippen LogP contribution in [0.15, 0.2) is 36.4 Å². The summed E-state index contributed by atoms with van der Waals surface area (Å²) >= 11 is 0. The van der Waals surface area contributed by atoms with Crippen molar-refractivity contribution in [1.29, 1.82) is 0 Å². The highest BCUT2D eigenvalue weighted by Crippen LogP contribution is 2.48. The largest absolute Gasteiger partial charge is 0.412 e. The SMILES string of the molecule is CCCN1CCc2cccc3c2C1Cc1cccc(OC(=O)NCC(C)C)c1-3. The average Bonchev–Trinajstić information content (AvgIpc) is 2.68. The lowest BCUT2D eigenvalue weighted by Crippen LogP contribution is -2.39. The highest BCUT2D eigenvalue weighted by molar-refractivity contribution is 5.83. The monoisotopic (exact) mass is 378 g/mol. The maximum atomic E-state index is 12.3. The fraction of sp³-hybridized carbons (Fsp3) is 0.458. The Balaban J connectivity index is 1.72. The van der Waals surface area contributed by atoms with Crippen molar-refractivity contribution in [2.45, 2.75) is 46.1 Å². The second-order valence-electron chi connectivity index (χ2n) is 8.34. The van der Waals surface area contributed by atoms with E-state index < -0.39 is 0 Å². The molecule has 0 bridgehead atoms. The third kappa shape index (κ3) is 3.53. The van der Waals surface area contributed by atoms with Crippen LogP contribution in [0.2, 0.25) is 0 Å². The van der Waals surface area contributed by atoms with Crippen molar-refractivity contribution < 1.29 is 9.53 Å². The van der Waals surface area contributed by atoms with Gasteiger partial charge in [0.15, 0.2) is 0 Å². The van der Waals surface area contributed by atoms with Gasteiger partial charge >= 0.3 is 6.09 Å². The molecule has 0 saturated carbocycles. The van der Waals surface area contributed by atoms with Crippen molar-refractivity contribution in [3.63, 3.8) is 0 Å². The Morgan fingerprint density at radius 1 is 1.21 bits per heavy atom. The van der Waals surface area contributed by atoms with Crippen LogP contribution in [0, 0.1) is 5.92 Å². The Morgan fingerprint density at radius 3 is 2.79 bits per heavy atom. The molecule has 1 heterocycles. The molecule has 0 aromatic heterocycles. The minimum atomic E-state index is -0.373. The second-order valence-corrected chi connectivity index (χ2v) is 8.34. The molecule has 1 N–H and O–H groups in total. The van der Waals surface area contributed by atoms with E-state index in [1.54, 1.807) is 0 Å². The molecule has 4 nitrogen and oxygen atoms in total. The molecule has 1 aliphatic carbocycles. The Hall–Kier alpha value is -2.33. The van der Waals surface area contributed by atoms with Crippen LogP contribution in [-0.2, 0) is 12.8 Å². The molecule has 1 unspecified atom stereocenters. The van der Waals surface area contributed by atoms with Gasteiger partial charge in [-0.1, -0.05) is 51.1 Å². The molecule has 1 amide bonds. The van der Waals surface area contributed by atoms with Crippen LogP contribution < -0.4 is 10.1 Å². The van der Waals surface area contributed by atoms with Crippen molar-refractivity contribution in [2.75, 3.05) is 19.6 Å². The van der Waals surface area contributed by atoms with Crippen LogP contribution in [0.25, 0.3) is 11.1 Å². The minimum Gasteiger partial charge on any atom is -0.410 e. The molecule has 28 heavy (non-hydrogen) atoms. The zero-order valence-corrected chi connectivity index (χ0v) is 17.1. The third-order valence-electron chi connectivity index (χ3n) is 5.80. The lowest BCUT2D eigenvalue weighted by molar-refractivity contribution is 0.182. The van der Waals surface area contributed by atoms with E-state index >= 15 is 0 Å². The first kappa shape index (κ1) is 19.0. The minimum absolute atomic E-state index is 0.373. The predicted octanol–water partition coefficient (Wildman–Crippen LogP) is 4.96. The van der Waals surface area contributed by atoms with Gasteiger partial charge in [-0.2, -0.15) is 0 Å². The number of carbonyl (C=O) groups excluding carboxylic acids is 1. The summed E-state index contributed by atoms with van der Waals surface area (Å²) in [4.78, 5) is 14.9. The smallest absolute Gasteiger partial charge is 0.410 e.